The number of alkyl halides is 3. The van der Waals surface area contributed by atoms with Gasteiger partial charge in [-0.3, -0.25) is 0 Å². The Kier molecular flexibility index (Phi) is 4.06. The van der Waals surface area contributed by atoms with Crippen LogP contribution in [0.3, 0.4) is 0 Å². The van der Waals surface area contributed by atoms with E-state index in [1.807, 2.05) is 0 Å². The lowest BCUT2D eigenvalue weighted by Crippen LogP contribution is -2.41. The van der Waals surface area contributed by atoms with Crippen molar-refractivity contribution in [3.63, 3.8) is 0 Å². The molecule has 0 saturated carbocycles. The van der Waals surface area contributed by atoms with Gasteiger partial charge in [-0.25, -0.2) is 4.98 Å². The lowest BCUT2D eigenvalue weighted by atomic mass is 9.98. The molecule has 0 aromatic carbocycles. The van der Waals surface area contributed by atoms with Gasteiger partial charge in [0.15, 0.2) is 5.13 Å². The lowest BCUT2D eigenvalue weighted by molar-refractivity contribution is -0.175. The van der Waals surface area contributed by atoms with Crippen LogP contribution in [0.15, 0.2) is 0 Å². The Bertz CT molecular complexity index is 445. The summed E-state index contributed by atoms with van der Waals surface area (Å²) in [4.78, 5) is 6.70. The molecular weight excluding hydrogens is 277 g/mol. The third-order valence-electron chi connectivity index (χ3n) is 3.36. The van der Waals surface area contributed by atoms with Crippen molar-refractivity contribution in [2.75, 3.05) is 18.0 Å². The second-order valence-electron chi connectivity index (χ2n) is 4.95. The highest BCUT2D eigenvalue weighted by Crippen LogP contribution is 2.37. The van der Waals surface area contributed by atoms with E-state index in [0.29, 0.717) is 23.8 Å². The lowest BCUT2D eigenvalue weighted by Gasteiger charge is -2.33. The summed E-state index contributed by atoms with van der Waals surface area (Å²) in [7, 11) is 0. The molecule has 2 atom stereocenters. The van der Waals surface area contributed by atoms with Crippen LogP contribution in [-0.2, 0) is 0 Å². The van der Waals surface area contributed by atoms with Gasteiger partial charge in [0.05, 0.1) is 22.6 Å². The minimum atomic E-state index is -4.14. The van der Waals surface area contributed by atoms with Gasteiger partial charge in [-0.05, 0) is 26.7 Å². The van der Waals surface area contributed by atoms with E-state index in [0.717, 1.165) is 4.88 Å². The van der Waals surface area contributed by atoms with E-state index in [9.17, 15) is 18.3 Å². The Hall–Kier alpha value is -0.820. The van der Waals surface area contributed by atoms with Gasteiger partial charge in [0.25, 0.3) is 0 Å². The topological polar surface area (TPSA) is 36.4 Å². The summed E-state index contributed by atoms with van der Waals surface area (Å²) in [6, 6.07) is 0. The number of hydrogen-bond donors (Lipinski definition) is 1. The SMILES string of the molecule is Cc1nc(N2CCCC(C(F)(F)F)C2)sc1C(C)O. The van der Waals surface area contributed by atoms with Gasteiger partial charge in [0, 0.05) is 13.1 Å². The number of aromatic nitrogens is 1. The Morgan fingerprint density at radius 3 is 2.68 bits per heavy atom. The molecule has 0 bridgehead atoms. The molecule has 0 aliphatic carbocycles. The minimum absolute atomic E-state index is 0.0320. The second kappa shape index (κ2) is 5.28. The van der Waals surface area contributed by atoms with Gasteiger partial charge in [-0.1, -0.05) is 11.3 Å². The van der Waals surface area contributed by atoms with E-state index in [-0.39, 0.29) is 13.0 Å². The van der Waals surface area contributed by atoms with Gasteiger partial charge >= 0.3 is 6.18 Å². The largest absolute Gasteiger partial charge is 0.393 e. The average Bonchev–Trinajstić information content (AvgIpc) is 2.70. The number of aliphatic hydroxyl groups excluding tert-OH is 1. The summed E-state index contributed by atoms with van der Waals surface area (Å²) >= 11 is 1.28. The smallest absolute Gasteiger partial charge is 0.388 e. The molecule has 0 spiro atoms. The third kappa shape index (κ3) is 3.20. The number of thiazole rings is 1. The normalized spacial score (nSPS) is 22.6. The number of aryl methyl sites for hydroxylation is 1. The molecule has 1 saturated heterocycles. The molecule has 2 unspecified atom stereocenters. The Balaban J connectivity index is 2.16. The molecule has 3 nitrogen and oxygen atoms in total. The summed E-state index contributed by atoms with van der Waals surface area (Å²) in [5.41, 5.74) is 0.698. The number of anilines is 1. The minimum Gasteiger partial charge on any atom is -0.388 e. The Morgan fingerprint density at radius 1 is 1.47 bits per heavy atom. The highest BCUT2D eigenvalue weighted by Gasteiger charge is 2.42. The predicted molar refractivity (Wildman–Crippen MR) is 68.5 cm³/mol. The number of piperidine rings is 1. The zero-order valence-electron chi connectivity index (χ0n) is 10.9. The summed E-state index contributed by atoms with van der Waals surface area (Å²) in [5.74, 6) is -1.28. The molecule has 0 radical (unpaired) electrons. The zero-order chi connectivity index (χ0) is 14.2. The summed E-state index contributed by atoms with van der Waals surface area (Å²) in [6.07, 6.45) is -4.06. The summed E-state index contributed by atoms with van der Waals surface area (Å²) in [5, 5.41) is 10.2. The average molecular weight is 294 g/mol. The third-order valence-corrected chi connectivity index (χ3v) is 4.74. The van der Waals surface area contributed by atoms with Crippen LogP contribution in [0.5, 0.6) is 0 Å². The molecule has 1 aromatic heterocycles. The predicted octanol–water partition coefficient (Wildman–Crippen LogP) is 3.28. The maximum absolute atomic E-state index is 12.8. The van der Waals surface area contributed by atoms with Gasteiger partial charge in [-0.2, -0.15) is 13.2 Å². The first-order valence-corrected chi connectivity index (χ1v) is 7.07. The first-order chi connectivity index (χ1) is 8.79. The van der Waals surface area contributed by atoms with Crippen molar-refractivity contribution in [2.24, 2.45) is 5.92 Å². The Morgan fingerprint density at radius 2 is 2.16 bits per heavy atom. The van der Waals surface area contributed by atoms with Gasteiger partial charge in [0.1, 0.15) is 0 Å². The number of hydrogen-bond acceptors (Lipinski definition) is 4. The second-order valence-corrected chi connectivity index (χ2v) is 5.96. The van der Waals surface area contributed by atoms with Crippen molar-refractivity contribution in [2.45, 2.75) is 39.0 Å². The number of halogens is 3. The van der Waals surface area contributed by atoms with Gasteiger partial charge in [0.2, 0.25) is 0 Å². The summed E-state index contributed by atoms with van der Waals surface area (Å²) in [6.45, 7) is 3.97. The van der Waals surface area contributed by atoms with Crippen molar-refractivity contribution in [1.82, 2.24) is 4.98 Å². The van der Waals surface area contributed by atoms with Crippen LogP contribution in [0.1, 0.15) is 36.4 Å². The number of rotatable bonds is 2. The quantitative estimate of drug-likeness (QED) is 0.909. The van der Waals surface area contributed by atoms with Crippen LogP contribution in [0.2, 0.25) is 0 Å². The monoisotopic (exact) mass is 294 g/mol. The first kappa shape index (κ1) is 14.6. The Labute approximate surface area is 114 Å². The van der Waals surface area contributed by atoms with Crippen molar-refractivity contribution >= 4 is 16.5 Å². The fraction of sp³-hybridized carbons (Fsp3) is 0.750. The molecule has 1 aliphatic heterocycles. The van der Waals surface area contributed by atoms with E-state index < -0.39 is 18.2 Å². The van der Waals surface area contributed by atoms with Crippen LogP contribution >= 0.6 is 11.3 Å². The van der Waals surface area contributed by atoms with Crippen molar-refractivity contribution in [1.29, 1.82) is 0 Å². The molecule has 1 fully saturated rings. The van der Waals surface area contributed by atoms with Crippen LogP contribution < -0.4 is 4.90 Å². The molecule has 108 valence electrons. The fourth-order valence-corrected chi connectivity index (χ4v) is 3.37. The fourth-order valence-electron chi connectivity index (χ4n) is 2.33. The van der Waals surface area contributed by atoms with E-state index in [1.54, 1.807) is 18.7 Å². The first-order valence-electron chi connectivity index (χ1n) is 6.26. The van der Waals surface area contributed by atoms with Crippen LogP contribution in [0, 0.1) is 12.8 Å². The van der Waals surface area contributed by atoms with Crippen LogP contribution in [0.4, 0.5) is 18.3 Å². The molecule has 2 rings (SSSR count). The maximum Gasteiger partial charge on any atom is 0.393 e. The molecule has 2 heterocycles. The molecule has 1 N–H and O–H groups in total. The van der Waals surface area contributed by atoms with Crippen LogP contribution in [0.25, 0.3) is 0 Å². The van der Waals surface area contributed by atoms with E-state index >= 15 is 0 Å². The standard InChI is InChI=1S/C12H17F3N2OS/c1-7-10(8(2)18)19-11(16-7)17-5-3-4-9(6-17)12(13,14)15/h8-9,18H,3-6H2,1-2H3. The molecule has 19 heavy (non-hydrogen) atoms. The van der Waals surface area contributed by atoms with Crippen molar-refractivity contribution in [3.8, 4) is 0 Å². The molecule has 1 aromatic rings. The molecule has 0 amide bonds. The molecular formula is C12H17F3N2OS. The maximum atomic E-state index is 12.8. The molecule has 1 aliphatic rings. The highest BCUT2D eigenvalue weighted by molar-refractivity contribution is 7.15. The van der Waals surface area contributed by atoms with Gasteiger partial charge < -0.3 is 10.0 Å². The van der Waals surface area contributed by atoms with E-state index in [2.05, 4.69) is 4.98 Å². The van der Waals surface area contributed by atoms with E-state index in [1.165, 1.54) is 11.3 Å². The van der Waals surface area contributed by atoms with Crippen LogP contribution in [-0.4, -0.2) is 29.4 Å². The van der Waals surface area contributed by atoms with Crippen molar-refractivity contribution in [3.05, 3.63) is 10.6 Å². The highest BCUT2D eigenvalue weighted by atomic mass is 32.1. The van der Waals surface area contributed by atoms with E-state index in [4.69, 9.17) is 0 Å². The number of aliphatic hydroxyl groups is 1. The number of nitrogens with zero attached hydrogens (tertiary/aromatic N) is 2. The zero-order valence-corrected chi connectivity index (χ0v) is 11.7. The van der Waals surface area contributed by atoms with Gasteiger partial charge in [-0.15, -0.1) is 0 Å². The van der Waals surface area contributed by atoms with Crippen molar-refractivity contribution < 1.29 is 18.3 Å². The summed E-state index contributed by atoms with van der Waals surface area (Å²) < 4.78 is 38.3. The molecule has 7 heteroatoms.